The first-order valence-corrected chi connectivity index (χ1v) is 5.63. The highest BCUT2D eigenvalue weighted by atomic mass is 14.2. The number of hydrogen-bond acceptors (Lipinski definition) is 0. The lowest BCUT2D eigenvalue weighted by Gasteiger charge is -2.23. The van der Waals surface area contributed by atoms with Gasteiger partial charge >= 0.3 is 0 Å². The maximum Gasteiger partial charge on any atom is -0.0106 e. The first-order chi connectivity index (χ1) is 6.56. The molecule has 0 aliphatic rings. The van der Waals surface area contributed by atoms with E-state index in [2.05, 4.69) is 52.0 Å². The van der Waals surface area contributed by atoms with Crippen molar-refractivity contribution < 1.29 is 0 Å². The Labute approximate surface area is 96.7 Å². The van der Waals surface area contributed by atoms with E-state index in [1.807, 2.05) is 13.8 Å². The van der Waals surface area contributed by atoms with Crippen molar-refractivity contribution in [2.45, 2.75) is 60.8 Å². The average Bonchev–Trinajstić information content (AvgIpc) is 2.21. The Morgan fingerprint density at radius 2 is 1.40 bits per heavy atom. The maximum atomic E-state index is 2.29. The molecule has 0 heteroatoms. The highest BCUT2D eigenvalue weighted by Gasteiger charge is 2.16. The van der Waals surface area contributed by atoms with E-state index in [1.165, 1.54) is 17.5 Å². The molecule has 1 rings (SSSR count). The largest absolute Gasteiger partial charge is 0.0776 e. The van der Waals surface area contributed by atoms with Crippen molar-refractivity contribution in [2.24, 2.45) is 0 Å². The van der Waals surface area contributed by atoms with Crippen molar-refractivity contribution in [1.29, 1.82) is 0 Å². The summed E-state index contributed by atoms with van der Waals surface area (Å²) in [4.78, 5) is 0. The molecule has 0 amide bonds. The highest BCUT2D eigenvalue weighted by molar-refractivity contribution is 5.27. The summed E-state index contributed by atoms with van der Waals surface area (Å²) < 4.78 is 0. The lowest BCUT2D eigenvalue weighted by molar-refractivity contribution is 0.506. The Kier molecular flexibility index (Phi) is 8.33. The lowest BCUT2D eigenvalue weighted by atomic mass is 9.82. The second-order valence-electron chi connectivity index (χ2n) is 4.10. The van der Waals surface area contributed by atoms with Crippen LogP contribution in [0.2, 0.25) is 0 Å². The molecule has 0 saturated carbocycles. The van der Waals surface area contributed by atoms with Gasteiger partial charge in [-0.3, -0.25) is 0 Å². The van der Waals surface area contributed by atoms with E-state index < -0.39 is 0 Å². The molecule has 0 radical (unpaired) electrons. The fraction of sp³-hybridized carbons (Fsp3) is 0.600. The van der Waals surface area contributed by atoms with E-state index in [9.17, 15) is 0 Å². The minimum atomic E-state index is 0. The van der Waals surface area contributed by atoms with Crippen LogP contribution < -0.4 is 0 Å². The lowest BCUT2D eigenvalue weighted by Crippen LogP contribution is -2.14. The summed E-state index contributed by atoms with van der Waals surface area (Å²) in [6.45, 7) is 12.9. The molecule has 0 aliphatic carbocycles. The minimum Gasteiger partial charge on any atom is -0.0776 e. The topological polar surface area (TPSA) is 0 Å². The van der Waals surface area contributed by atoms with Crippen LogP contribution in [-0.4, -0.2) is 0 Å². The zero-order valence-corrected chi connectivity index (χ0v) is 10.5. The van der Waals surface area contributed by atoms with Gasteiger partial charge < -0.3 is 0 Å². The summed E-state index contributed by atoms with van der Waals surface area (Å²) in [5.41, 5.74) is 3.11. The molecule has 0 saturated heterocycles. The van der Waals surface area contributed by atoms with Crippen molar-refractivity contribution in [3.8, 4) is 0 Å². The van der Waals surface area contributed by atoms with E-state index in [-0.39, 0.29) is 7.43 Å². The van der Waals surface area contributed by atoms with Gasteiger partial charge in [0.25, 0.3) is 0 Å². The average molecular weight is 208 g/mol. The Bertz CT molecular complexity index is 241. The molecule has 15 heavy (non-hydrogen) atoms. The van der Waals surface area contributed by atoms with Crippen LogP contribution in [0, 0.1) is 6.92 Å². The van der Waals surface area contributed by atoms with Crippen molar-refractivity contribution in [3.05, 3.63) is 35.4 Å². The summed E-state index contributed by atoms with van der Waals surface area (Å²) in [7, 11) is 0. The predicted octanol–water partition coefficient (Wildman–Crippen LogP) is 5.34. The predicted molar refractivity (Wildman–Crippen MR) is 72.6 cm³/mol. The van der Waals surface area contributed by atoms with Crippen LogP contribution in [0.5, 0.6) is 0 Å². The van der Waals surface area contributed by atoms with Crippen LogP contribution in [0.4, 0.5) is 0 Å². The third-order valence-corrected chi connectivity index (χ3v) is 2.72. The summed E-state index contributed by atoms with van der Waals surface area (Å²) in [5, 5.41) is 0. The number of rotatable bonds is 2. The second kappa shape index (κ2) is 7.50. The molecule has 88 valence electrons. The number of benzene rings is 1. The zero-order chi connectivity index (χ0) is 11.2. The molecule has 1 aromatic rings. The second-order valence-corrected chi connectivity index (χ2v) is 4.10. The molecule has 0 nitrogen and oxygen atoms in total. The van der Waals surface area contributed by atoms with Gasteiger partial charge in [-0.05, 0) is 24.3 Å². The van der Waals surface area contributed by atoms with E-state index in [4.69, 9.17) is 0 Å². The number of aryl methyl sites for hydroxylation is 1. The normalized spacial score (nSPS) is 9.73. The van der Waals surface area contributed by atoms with Gasteiger partial charge in [0.2, 0.25) is 0 Å². The van der Waals surface area contributed by atoms with Crippen LogP contribution in [0.3, 0.4) is 0 Å². The van der Waals surface area contributed by atoms with Crippen molar-refractivity contribution >= 4 is 0 Å². The first kappa shape index (κ1) is 16.6. The summed E-state index contributed by atoms with van der Waals surface area (Å²) in [6, 6.07) is 8.84. The molecule has 0 aromatic heterocycles. The smallest absolute Gasteiger partial charge is 0.0106 e. The maximum absolute atomic E-state index is 2.29. The van der Waals surface area contributed by atoms with E-state index in [1.54, 1.807) is 0 Å². The molecule has 1 aromatic carbocycles. The Balaban J connectivity index is 0. The summed E-state index contributed by atoms with van der Waals surface area (Å²) in [5.74, 6) is 0. The van der Waals surface area contributed by atoms with Gasteiger partial charge in [0.15, 0.2) is 0 Å². The fourth-order valence-corrected chi connectivity index (χ4v) is 1.21. The Morgan fingerprint density at radius 1 is 1.00 bits per heavy atom. The summed E-state index contributed by atoms with van der Waals surface area (Å²) in [6.07, 6.45) is 1.19. The van der Waals surface area contributed by atoms with Crippen LogP contribution >= 0.6 is 0 Å². The standard InChI is InChI=1S/C12H18.C2H6.CH4/c1-5-12(3,4)11-8-6-10(2)7-9-11;1-2;/h6-9H,5H2,1-4H3;1-2H3;1H4. The SMILES string of the molecule is C.CC.CCC(C)(C)c1ccc(C)cc1. The molecule has 0 spiro atoms. The number of hydrogen-bond donors (Lipinski definition) is 0. The van der Waals surface area contributed by atoms with Gasteiger partial charge in [-0.25, -0.2) is 0 Å². The molecule has 0 fully saturated rings. The van der Waals surface area contributed by atoms with Crippen LogP contribution in [-0.2, 0) is 5.41 Å². The molecule has 0 unspecified atom stereocenters. The third-order valence-electron chi connectivity index (χ3n) is 2.72. The van der Waals surface area contributed by atoms with Gasteiger partial charge in [-0.2, -0.15) is 0 Å². The van der Waals surface area contributed by atoms with Gasteiger partial charge in [0.1, 0.15) is 0 Å². The zero-order valence-electron chi connectivity index (χ0n) is 10.5. The van der Waals surface area contributed by atoms with E-state index in [0.717, 1.165) is 0 Å². The van der Waals surface area contributed by atoms with Crippen LogP contribution in [0.15, 0.2) is 24.3 Å². The molecule has 0 heterocycles. The Hall–Kier alpha value is -0.780. The first-order valence-electron chi connectivity index (χ1n) is 5.63. The molecule has 0 N–H and O–H groups in total. The fourth-order valence-electron chi connectivity index (χ4n) is 1.21. The molecule has 0 aliphatic heterocycles. The molecular weight excluding hydrogens is 180 g/mol. The highest BCUT2D eigenvalue weighted by Crippen LogP contribution is 2.26. The van der Waals surface area contributed by atoms with Crippen molar-refractivity contribution in [3.63, 3.8) is 0 Å². The van der Waals surface area contributed by atoms with Crippen LogP contribution in [0.1, 0.15) is 59.6 Å². The quantitative estimate of drug-likeness (QED) is 0.615. The Morgan fingerprint density at radius 3 is 1.73 bits per heavy atom. The van der Waals surface area contributed by atoms with Crippen molar-refractivity contribution in [2.75, 3.05) is 0 Å². The monoisotopic (exact) mass is 208 g/mol. The summed E-state index contributed by atoms with van der Waals surface area (Å²) >= 11 is 0. The van der Waals surface area contributed by atoms with Crippen molar-refractivity contribution in [1.82, 2.24) is 0 Å². The van der Waals surface area contributed by atoms with Gasteiger partial charge in [-0.15, -0.1) is 0 Å². The van der Waals surface area contributed by atoms with Gasteiger partial charge in [0.05, 0.1) is 0 Å². The third kappa shape index (κ3) is 5.01. The minimum absolute atomic E-state index is 0. The molecule has 0 atom stereocenters. The van der Waals surface area contributed by atoms with Crippen LogP contribution in [0.25, 0.3) is 0 Å². The molecular formula is C15H28. The molecule has 0 bridgehead atoms. The van der Waals surface area contributed by atoms with Gasteiger partial charge in [-0.1, -0.05) is 71.9 Å². The van der Waals surface area contributed by atoms with Gasteiger partial charge in [0, 0.05) is 0 Å². The van der Waals surface area contributed by atoms with E-state index >= 15 is 0 Å². The van der Waals surface area contributed by atoms with E-state index in [0.29, 0.717) is 5.41 Å².